The van der Waals surface area contributed by atoms with E-state index < -0.39 is 0 Å². The van der Waals surface area contributed by atoms with Gasteiger partial charge in [0.05, 0.1) is 0 Å². The van der Waals surface area contributed by atoms with Crippen LogP contribution >= 0.6 is 0 Å². The SMILES string of the molecule is Cc1ccc(N(c2ccc(-c3ccc4c(c3)C(=O)c3ccc(-c5ccc(N(c6ccc(C(C)(C)C)cc6)c6ccc(C(C)(C)C)cc6)cc5)cc3C4=O)cc2)c2ccc(C(C)(C)C)cc2)cc1.O=C1c2ccc(N(c3ccccc3)c3ccccc3)cc2C(=O)c2ccc(N(c3ccccc3)c3ccccc3)cc21. The van der Waals surface area contributed by atoms with Gasteiger partial charge in [0.1, 0.15) is 0 Å². The van der Waals surface area contributed by atoms with Crippen molar-refractivity contribution in [1.29, 1.82) is 0 Å². The van der Waals surface area contributed by atoms with Crippen LogP contribution in [0.2, 0.25) is 0 Å². The van der Waals surface area contributed by atoms with Crippen molar-refractivity contribution in [3.8, 4) is 22.3 Å². The number of para-hydroxylation sites is 4. The van der Waals surface area contributed by atoms with Gasteiger partial charge in [0.15, 0.2) is 23.1 Å². The number of carbonyl (C=O) groups excluding carboxylic acids is 4. The first-order valence-electron chi connectivity index (χ1n) is 37.3. The van der Waals surface area contributed by atoms with Crippen LogP contribution < -0.4 is 19.6 Å². The minimum Gasteiger partial charge on any atom is -0.311 e. The summed E-state index contributed by atoms with van der Waals surface area (Å²) >= 11 is 0. The molecule has 14 aromatic carbocycles. The van der Waals surface area contributed by atoms with Gasteiger partial charge in [-0.3, -0.25) is 19.2 Å². The largest absolute Gasteiger partial charge is 0.311 e. The fourth-order valence-electron chi connectivity index (χ4n) is 14.6. The minimum absolute atomic E-state index is 0.0467. The van der Waals surface area contributed by atoms with E-state index in [9.17, 15) is 19.2 Å². The summed E-state index contributed by atoms with van der Waals surface area (Å²) in [5.74, 6) is -0.584. The monoisotopic (exact) mass is 1420 g/mol. The van der Waals surface area contributed by atoms with Gasteiger partial charge in [0.25, 0.3) is 0 Å². The summed E-state index contributed by atoms with van der Waals surface area (Å²) in [5, 5.41) is 0. The van der Waals surface area contributed by atoms with Crippen molar-refractivity contribution in [2.24, 2.45) is 0 Å². The Hall–Kier alpha value is -13.0. The molecule has 2 aliphatic rings. The maximum absolute atomic E-state index is 14.2. The molecule has 0 heterocycles. The molecule has 0 unspecified atom stereocenters. The Balaban J connectivity index is 0.000000192. The second-order valence-electron chi connectivity index (χ2n) is 31.3. The first-order valence-corrected chi connectivity index (χ1v) is 37.3. The number of aryl methyl sites for hydroxylation is 1. The molecule has 2 aliphatic carbocycles. The Morgan fingerprint density at radius 1 is 0.183 bits per heavy atom. The van der Waals surface area contributed by atoms with E-state index in [1.807, 2.05) is 182 Å². The average molecular weight is 1420 g/mol. The number of benzene rings is 14. The molecule has 8 heteroatoms. The first kappa shape index (κ1) is 71.6. The highest BCUT2D eigenvalue weighted by molar-refractivity contribution is 6.30. The van der Waals surface area contributed by atoms with Gasteiger partial charge in [-0.05, 0) is 244 Å². The summed E-state index contributed by atoms with van der Waals surface area (Å²) in [5.41, 5.74) is 24.1. The first-order chi connectivity index (χ1) is 52.5. The van der Waals surface area contributed by atoms with Crippen molar-refractivity contribution in [3.05, 3.63) is 406 Å². The second-order valence-corrected chi connectivity index (χ2v) is 31.3. The van der Waals surface area contributed by atoms with Crippen molar-refractivity contribution in [2.75, 3.05) is 19.6 Å². The van der Waals surface area contributed by atoms with Gasteiger partial charge in [-0.15, -0.1) is 0 Å². The quantitative estimate of drug-likeness (QED) is 0.107. The Kier molecular flexibility index (Phi) is 19.3. The third-order valence-electron chi connectivity index (χ3n) is 20.8. The highest BCUT2D eigenvalue weighted by Crippen LogP contribution is 2.45. The summed E-state index contributed by atoms with van der Waals surface area (Å²) in [6, 6.07) is 114. The van der Waals surface area contributed by atoms with E-state index in [1.54, 1.807) is 12.1 Å². The summed E-state index contributed by atoms with van der Waals surface area (Å²) in [4.78, 5) is 65.1. The van der Waals surface area contributed by atoms with Crippen LogP contribution in [0.25, 0.3) is 22.3 Å². The predicted molar refractivity (Wildman–Crippen MR) is 450 cm³/mol. The van der Waals surface area contributed by atoms with Crippen molar-refractivity contribution in [2.45, 2.75) is 85.5 Å². The molecule has 16 rings (SSSR count). The van der Waals surface area contributed by atoms with E-state index in [2.05, 4.69) is 234 Å². The fourth-order valence-corrected chi connectivity index (χ4v) is 14.6. The number of fused-ring (bicyclic) bond motifs is 4. The van der Waals surface area contributed by atoms with Crippen molar-refractivity contribution >= 4 is 91.4 Å². The zero-order valence-corrected chi connectivity index (χ0v) is 63.3. The molecule has 0 saturated carbocycles. The molecule has 0 spiro atoms. The van der Waals surface area contributed by atoms with Crippen LogP contribution in [0.5, 0.6) is 0 Å². The van der Waals surface area contributed by atoms with Crippen LogP contribution in [-0.2, 0) is 16.2 Å². The third-order valence-corrected chi connectivity index (χ3v) is 20.8. The zero-order valence-electron chi connectivity index (χ0n) is 63.3. The Bertz CT molecular complexity index is 5420. The van der Waals surface area contributed by atoms with E-state index in [1.165, 1.54) is 22.3 Å². The molecule has 109 heavy (non-hydrogen) atoms. The standard InChI is InChI=1S/C63H60N2O2.C38H26N2O2/c1-41-11-25-49(26-12-41)64(52-31-19-46(20-32-52)61(2,3)4)50-27-13-42(14-28-50)44-17-37-55-57(39-44)59(66)56-38-18-45(40-58(56)60(55)67)43-15-29-51(30-16-43)65(53-33-21-47(22-34-53)62(5,6)7)54-35-23-48(24-36-54)63(8,9)10;41-37-34-24-22-32(40(29-17-9-3-10-18-29)30-19-11-4-12-20-30)26-36(34)38(42)33-23-21-31(25-35(33)37)39(27-13-5-1-6-14-27)28-15-7-2-8-16-28/h11-40H,1-10H3;1-26H. The molecule has 0 saturated heterocycles. The third kappa shape index (κ3) is 14.6. The molecule has 0 aliphatic heterocycles. The van der Waals surface area contributed by atoms with Gasteiger partial charge >= 0.3 is 0 Å². The van der Waals surface area contributed by atoms with Crippen LogP contribution in [-0.4, -0.2) is 23.1 Å². The molecular weight excluding hydrogens is 1330 g/mol. The topological polar surface area (TPSA) is 81.2 Å². The number of anilines is 12. The van der Waals surface area contributed by atoms with Crippen LogP contribution in [0.4, 0.5) is 68.2 Å². The fraction of sp³-hybridized carbons (Fsp3) is 0.129. The van der Waals surface area contributed by atoms with Crippen LogP contribution in [0.1, 0.15) is 148 Å². The Labute approximate surface area is 640 Å². The van der Waals surface area contributed by atoms with E-state index in [0.29, 0.717) is 44.5 Å². The second kappa shape index (κ2) is 29.4. The smallest absolute Gasteiger partial charge is 0.194 e. The zero-order chi connectivity index (χ0) is 75.9. The normalized spacial score (nSPS) is 12.4. The molecule has 8 nitrogen and oxygen atoms in total. The Morgan fingerprint density at radius 3 is 0.633 bits per heavy atom. The number of ketones is 4. The maximum Gasteiger partial charge on any atom is 0.194 e. The lowest BCUT2D eigenvalue weighted by molar-refractivity contribution is 0.0979. The number of hydrogen-bond acceptors (Lipinski definition) is 8. The molecule has 14 aromatic rings. The number of nitrogens with zero attached hydrogens (tertiary/aromatic N) is 4. The summed E-state index contributed by atoms with van der Waals surface area (Å²) in [7, 11) is 0. The van der Waals surface area contributed by atoms with E-state index >= 15 is 0 Å². The predicted octanol–water partition coefficient (Wildman–Crippen LogP) is 26.3. The highest BCUT2D eigenvalue weighted by atomic mass is 16.1. The van der Waals surface area contributed by atoms with Crippen molar-refractivity contribution in [1.82, 2.24) is 0 Å². The lowest BCUT2D eigenvalue weighted by Crippen LogP contribution is -2.22. The molecule has 0 N–H and O–H groups in total. The van der Waals surface area contributed by atoms with Crippen molar-refractivity contribution < 1.29 is 19.2 Å². The van der Waals surface area contributed by atoms with Crippen LogP contribution in [0, 0.1) is 6.92 Å². The molecule has 0 aromatic heterocycles. The molecular formula is C101H86N4O4. The molecule has 0 amide bonds. The Morgan fingerprint density at radius 2 is 0.376 bits per heavy atom. The van der Waals surface area contributed by atoms with Gasteiger partial charge < -0.3 is 19.6 Å². The van der Waals surface area contributed by atoms with E-state index in [4.69, 9.17) is 0 Å². The summed E-state index contributed by atoms with van der Waals surface area (Å²) in [6.45, 7) is 22.2. The number of rotatable bonds is 14. The van der Waals surface area contributed by atoms with E-state index in [-0.39, 0.29) is 39.4 Å². The van der Waals surface area contributed by atoms with Crippen molar-refractivity contribution in [3.63, 3.8) is 0 Å². The van der Waals surface area contributed by atoms with Gasteiger partial charge in [-0.25, -0.2) is 0 Å². The lowest BCUT2D eigenvalue weighted by atomic mass is 9.81. The number of hydrogen-bond donors (Lipinski definition) is 0. The highest BCUT2D eigenvalue weighted by Gasteiger charge is 2.34. The molecule has 0 fully saturated rings. The molecule has 0 radical (unpaired) electrons. The summed E-state index contributed by atoms with van der Waals surface area (Å²) < 4.78 is 0. The minimum atomic E-state index is -0.153. The van der Waals surface area contributed by atoms with E-state index in [0.717, 1.165) is 90.5 Å². The van der Waals surface area contributed by atoms with Gasteiger partial charge in [0, 0.05) is 113 Å². The molecule has 534 valence electrons. The van der Waals surface area contributed by atoms with Crippen LogP contribution in [0.3, 0.4) is 0 Å². The van der Waals surface area contributed by atoms with Gasteiger partial charge in [-0.1, -0.05) is 226 Å². The van der Waals surface area contributed by atoms with Gasteiger partial charge in [0.2, 0.25) is 0 Å². The summed E-state index contributed by atoms with van der Waals surface area (Å²) in [6.07, 6.45) is 0. The lowest BCUT2D eigenvalue weighted by Gasteiger charge is -2.28. The van der Waals surface area contributed by atoms with Gasteiger partial charge in [-0.2, -0.15) is 0 Å². The molecule has 0 atom stereocenters. The molecule has 0 bridgehead atoms. The maximum atomic E-state index is 14.2. The number of carbonyl (C=O) groups is 4. The average Bonchev–Trinajstić information content (AvgIpc) is 0.751. The van der Waals surface area contributed by atoms with Crippen LogP contribution in [0.15, 0.2) is 340 Å².